The Morgan fingerprint density at radius 3 is 1.57 bits per heavy atom. The molecule has 4 atom stereocenters. The summed E-state index contributed by atoms with van der Waals surface area (Å²) in [7, 11) is 2.30. The van der Waals surface area contributed by atoms with E-state index in [-0.39, 0.29) is 0 Å². The van der Waals surface area contributed by atoms with Gasteiger partial charge in [0.2, 0.25) is 0 Å². The molecule has 14 heavy (non-hydrogen) atoms. The molecule has 1 aliphatic carbocycles. The standard InChI is InChI=1S/C11H21N.C2H6/c1-7-10-5-6-11(7)9(3)12(4)8(10)2;1-2/h7-11H,5-6H2,1-4H3;1-2H3. The first-order valence-electron chi connectivity index (χ1n) is 6.35. The van der Waals surface area contributed by atoms with E-state index in [2.05, 4.69) is 32.7 Å². The van der Waals surface area contributed by atoms with Crippen LogP contribution in [0.15, 0.2) is 0 Å². The quantitative estimate of drug-likeness (QED) is 0.575. The lowest BCUT2D eigenvalue weighted by Crippen LogP contribution is -2.50. The largest absolute Gasteiger partial charge is 0.300 e. The maximum absolute atomic E-state index is 2.59. The Hall–Kier alpha value is -0.0400. The molecule has 84 valence electrons. The minimum absolute atomic E-state index is 0.814. The Kier molecular flexibility index (Phi) is 4.00. The van der Waals surface area contributed by atoms with E-state index in [0.29, 0.717) is 0 Å². The molecule has 1 heteroatoms. The van der Waals surface area contributed by atoms with E-state index < -0.39 is 0 Å². The molecule has 0 aromatic rings. The Labute approximate surface area is 89.9 Å². The number of rotatable bonds is 0. The molecule has 2 rings (SSSR count). The van der Waals surface area contributed by atoms with Crippen LogP contribution in [0.2, 0.25) is 0 Å². The highest BCUT2D eigenvalue weighted by molar-refractivity contribution is 4.98. The fraction of sp³-hybridized carbons (Fsp3) is 1.00. The summed E-state index contributed by atoms with van der Waals surface area (Å²) in [4.78, 5) is 2.59. The first-order chi connectivity index (χ1) is 6.63. The first-order valence-corrected chi connectivity index (χ1v) is 6.35. The second-order valence-electron chi connectivity index (χ2n) is 4.91. The van der Waals surface area contributed by atoms with Gasteiger partial charge in [-0.2, -0.15) is 0 Å². The van der Waals surface area contributed by atoms with Crippen molar-refractivity contribution < 1.29 is 0 Å². The van der Waals surface area contributed by atoms with Crippen LogP contribution in [0.25, 0.3) is 0 Å². The summed E-state index contributed by atoms with van der Waals surface area (Å²) < 4.78 is 0. The molecule has 1 saturated heterocycles. The maximum Gasteiger partial charge on any atom is 0.00977 e. The van der Waals surface area contributed by atoms with Gasteiger partial charge in [0.1, 0.15) is 0 Å². The van der Waals surface area contributed by atoms with Gasteiger partial charge < -0.3 is 4.90 Å². The van der Waals surface area contributed by atoms with Crippen molar-refractivity contribution in [3.8, 4) is 0 Å². The highest BCUT2D eigenvalue weighted by Crippen LogP contribution is 2.47. The van der Waals surface area contributed by atoms with Gasteiger partial charge in [-0.1, -0.05) is 20.8 Å². The van der Waals surface area contributed by atoms with Crippen molar-refractivity contribution >= 4 is 0 Å². The number of hydrogen-bond acceptors (Lipinski definition) is 1. The van der Waals surface area contributed by atoms with Gasteiger partial charge in [-0.3, -0.25) is 0 Å². The fourth-order valence-corrected chi connectivity index (χ4v) is 3.56. The van der Waals surface area contributed by atoms with E-state index in [1.54, 1.807) is 0 Å². The fourth-order valence-electron chi connectivity index (χ4n) is 3.56. The van der Waals surface area contributed by atoms with Crippen LogP contribution in [0.4, 0.5) is 0 Å². The van der Waals surface area contributed by atoms with Gasteiger partial charge in [0, 0.05) is 12.1 Å². The number of piperidine rings is 1. The third-order valence-electron chi connectivity index (χ3n) is 4.71. The molecule has 0 spiro atoms. The van der Waals surface area contributed by atoms with Gasteiger partial charge in [0.05, 0.1) is 0 Å². The average Bonchev–Trinajstić information content (AvgIpc) is 2.54. The van der Waals surface area contributed by atoms with Crippen LogP contribution in [0.3, 0.4) is 0 Å². The molecule has 0 aromatic heterocycles. The van der Waals surface area contributed by atoms with Gasteiger partial charge in [-0.25, -0.2) is 0 Å². The summed E-state index contributed by atoms with van der Waals surface area (Å²) in [6, 6.07) is 1.63. The summed E-state index contributed by atoms with van der Waals surface area (Å²) in [6.45, 7) is 11.3. The third kappa shape index (κ3) is 1.71. The highest BCUT2D eigenvalue weighted by atomic mass is 15.2. The van der Waals surface area contributed by atoms with Gasteiger partial charge in [0.25, 0.3) is 0 Å². The smallest absolute Gasteiger partial charge is 0.00977 e. The van der Waals surface area contributed by atoms with Gasteiger partial charge in [-0.15, -0.1) is 0 Å². The number of likely N-dealkylation sites (tertiary alicyclic amines) is 1. The van der Waals surface area contributed by atoms with E-state index in [4.69, 9.17) is 0 Å². The zero-order valence-electron chi connectivity index (χ0n) is 10.7. The van der Waals surface area contributed by atoms with Crippen LogP contribution in [-0.2, 0) is 0 Å². The molecule has 1 saturated carbocycles. The van der Waals surface area contributed by atoms with Crippen molar-refractivity contribution in [3.63, 3.8) is 0 Å². The molecule has 4 unspecified atom stereocenters. The van der Waals surface area contributed by atoms with E-state index in [9.17, 15) is 0 Å². The molecule has 1 nitrogen and oxygen atoms in total. The Bertz CT molecular complexity index is 160. The highest BCUT2D eigenvalue weighted by Gasteiger charge is 2.46. The zero-order chi connectivity index (χ0) is 10.9. The van der Waals surface area contributed by atoms with Crippen molar-refractivity contribution in [1.29, 1.82) is 0 Å². The molecule has 2 bridgehead atoms. The summed E-state index contributed by atoms with van der Waals surface area (Å²) in [5.41, 5.74) is 0. The van der Waals surface area contributed by atoms with Gasteiger partial charge in [-0.05, 0) is 51.5 Å². The summed E-state index contributed by atoms with van der Waals surface area (Å²) in [5.74, 6) is 2.94. The first kappa shape index (κ1) is 12.0. The molecule has 0 N–H and O–H groups in total. The predicted molar refractivity (Wildman–Crippen MR) is 63.4 cm³/mol. The van der Waals surface area contributed by atoms with Crippen molar-refractivity contribution in [1.82, 2.24) is 4.90 Å². The minimum atomic E-state index is 0.814. The molecule has 1 heterocycles. The maximum atomic E-state index is 2.59. The SMILES string of the molecule is CC.CC1C2CCC1C(C)N(C)C2C. The lowest BCUT2D eigenvalue weighted by atomic mass is 9.78. The third-order valence-corrected chi connectivity index (χ3v) is 4.71. The van der Waals surface area contributed by atoms with Crippen molar-refractivity contribution in [2.45, 2.75) is 59.5 Å². The topological polar surface area (TPSA) is 3.24 Å². The molecule has 1 aliphatic heterocycles. The molecular formula is C13H27N. The van der Waals surface area contributed by atoms with E-state index in [1.807, 2.05) is 13.8 Å². The van der Waals surface area contributed by atoms with Gasteiger partial charge in [0.15, 0.2) is 0 Å². The molecule has 0 radical (unpaired) electrons. The Morgan fingerprint density at radius 2 is 1.21 bits per heavy atom. The van der Waals surface area contributed by atoms with E-state index >= 15 is 0 Å². The van der Waals surface area contributed by atoms with Crippen molar-refractivity contribution in [2.24, 2.45) is 17.8 Å². The minimum Gasteiger partial charge on any atom is -0.300 e. The van der Waals surface area contributed by atoms with E-state index in [0.717, 1.165) is 29.8 Å². The second-order valence-corrected chi connectivity index (χ2v) is 4.91. The number of nitrogens with zero attached hydrogens (tertiary/aromatic N) is 1. The predicted octanol–water partition coefficient (Wildman–Crippen LogP) is 3.40. The Balaban J connectivity index is 0.000000461. The molecule has 2 fully saturated rings. The Morgan fingerprint density at radius 1 is 0.857 bits per heavy atom. The lowest BCUT2D eigenvalue weighted by molar-refractivity contribution is 0.0347. The van der Waals surface area contributed by atoms with Crippen LogP contribution in [-0.4, -0.2) is 24.0 Å². The average molecular weight is 197 g/mol. The summed E-state index contributed by atoms with van der Waals surface area (Å²) >= 11 is 0. The van der Waals surface area contributed by atoms with E-state index in [1.165, 1.54) is 12.8 Å². The zero-order valence-corrected chi connectivity index (χ0v) is 10.7. The summed E-state index contributed by atoms with van der Waals surface area (Å²) in [6.07, 6.45) is 2.95. The van der Waals surface area contributed by atoms with Crippen molar-refractivity contribution in [3.05, 3.63) is 0 Å². The molecule has 0 aromatic carbocycles. The van der Waals surface area contributed by atoms with Crippen LogP contribution in [0.5, 0.6) is 0 Å². The molecule has 2 aliphatic rings. The van der Waals surface area contributed by atoms with Crippen LogP contribution >= 0.6 is 0 Å². The van der Waals surface area contributed by atoms with Crippen molar-refractivity contribution in [2.75, 3.05) is 7.05 Å². The van der Waals surface area contributed by atoms with Crippen LogP contribution in [0.1, 0.15) is 47.5 Å². The monoisotopic (exact) mass is 197 g/mol. The number of fused-ring (bicyclic) bond motifs is 2. The van der Waals surface area contributed by atoms with Crippen LogP contribution < -0.4 is 0 Å². The summed E-state index contributed by atoms with van der Waals surface area (Å²) in [5, 5.41) is 0. The normalized spacial score (nSPS) is 47.1. The number of hydrogen-bond donors (Lipinski definition) is 0. The van der Waals surface area contributed by atoms with Gasteiger partial charge >= 0.3 is 0 Å². The molecule has 0 amide bonds. The second kappa shape index (κ2) is 4.65. The van der Waals surface area contributed by atoms with Crippen LogP contribution in [0, 0.1) is 17.8 Å². The lowest BCUT2D eigenvalue weighted by Gasteiger charge is -2.45. The molecular weight excluding hydrogens is 170 g/mol.